The number of piperidine rings is 2. The minimum Gasteiger partial charge on any atom is -0.504 e. The normalized spacial score (nSPS) is 19.9. The third kappa shape index (κ3) is 7.54. The van der Waals surface area contributed by atoms with Crippen LogP contribution in [0.2, 0.25) is 0 Å². The number of amides is 1. The number of allylic oxidation sites excluding steroid dienone is 3. The number of rotatable bonds is 11. The summed E-state index contributed by atoms with van der Waals surface area (Å²) >= 11 is 0. The summed E-state index contributed by atoms with van der Waals surface area (Å²) in [4.78, 5) is 17.0. The predicted molar refractivity (Wildman–Crippen MR) is 131 cm³/mol. The van der Waals surface area contributed by atoms with Crippen LogP contribution in [0, 0.1) is 16.7 Å². The van der Waals surface area contributed by atoms with Gasteiger partial charge >= 0.3 is 0 Å². The van der Waals surface area contributed by atoms with Crippen LogP contribution < -0.4 is 0 Å². The van der Waals surface area contributed by atoms with Crippen molar-refractivity contribution in [3.8, 4) is 6.07 Å². The third-order valence-electron chi connectivity index (χ3n) is 7.10. The van der Waals surface area contributed by atoms with Crippen LogP contribution in [0.15, 0.2) is 22.8 Å². The number of likely N-dealkylation sites (N-methyl/N-ethyl adjacent to an activating group) is 1. The highest BCUT2D eigenvalue weighted by atomic mass is 32.2. The van der Waals surface area contributed by atoms with E-state index in [4.69, 9.17) is 14.7 Å². The first-order valence-corrected chi connectivity index (χ1v) is 13.4. The first-order chi connectivity index (χ1) is 16.2. The van der Waals surface area contributed by atoms with Gasteiger partial charge in [-0.05, 0) is 69.2 Å². The Labute approximate surface area is 205 Å². The topological polar surface area (TPSA) is 103 Å². The molecule has 0 bridgehead atoms. The van der Waals surface area contributed by atoms with Crippen molar-refractivity contribution in [1.82, 2.24) is 14.1 Å². The molecule has 2 fully saturated rings. The first-order valence-electron chi connectivity index (χ1n) is 12.0. The van der Waals surface area contributed by atoms with E-state index in [1.807, 2.05) is 4.90 Å². The van der Waals surface area contributed by atoms with Gasteiger partial charge in [0.15, 0.2) is 0 Å². The third-order valence-corrected chi connectivity index (χ3v) is 9.34. The molecule has 1 amide bonds. The van der Waals surface area contributed by atoms with Crippen molar-refractivity contribution >= 4 is 15.9 Å². The smallest absolute Gasteiger partial charge is 0.248 e. The van der Waals surface area contributed by atoms with Crippen LogP contribution in [0.4, 0.5) is 0 Å². The van der Waals surface area contributed by atoms with Crippen molar-refractivity contribution < 1.29 is 22.7 Å². The minimum atomic E-state index is -3.62. The van der Waals surface area contributed by atoms with E-state index < -0.39 is 10.0 Å². The zero-order valence-electron chi connectivity index (χ0n) is 21.1. The molecule has 2 saturated heterocycles. The summed E-state index contributed by atoms with van der Waals surface area (Å²) in [7, 11) is -0.581. The van der Waals surface area contributed by atoms with Gasteiger partial charge in [0.1, 0.15) is 6.61 Å². The number of nitrogens with zero attached hydrogens (tertiary/aromatic N) is 4. The second kappa shape index (κ2) is 13.2. The lowest BCUT2D eigenvalue weighted by molar-refractivity contribution is -0.139. The standard InChI is InChI=1S/C24H40N4O5S/c1-5-22(21(2)6-18-32-4)34(30,31)26(3)17-19-33-20-23(29)28-14-9-24(10-15-28)7-12-27(13-8-24)16-11-25/h6,18H,5,7-10,12-17,19-20H2,1-4H3/b18-6+,22-21+. The lowest BCUT2D eigenvalue weighted by atomic mass is 9.71. The summed E-state index contributed by atoms with van der Waals surface area (Å²) in [5, 5.41) is 8.87. The Hall–Kier alpha value is -1.93. The number of methoxy groups -OCH3 is 1. The van der Waals surface area contributed by atoms with Crippen LogP contribution in [-0.4, -0.2) is 95.1 Å². The molecule has 0 radical (unpaired) electrons. The molecular weight excluding hydrogens is 456 g/mol. The molecule has 2 aliphatic rings. The first kappa shape index (κ1) is 28.3. The van der Waals surface area contributed by atoms with E-state index in [0.717, 1.165) is 51.9 Å². The van der Waals surface area contributed by atoms with Gasteiger partial charge in [-0.3, -0.25) is 9.69 Å². The molecule has 0 saturated carbocycles. The van der Waals surface area contributed by atoms with Gasteiger partial charge in [-0.15, -0.1) is 0 Å². The number of carbonyl (C=O) groups is 1. The largest absolute Gasteiger partial charge is 0.504 e. The van der Waals surface area contributed by atoms with Crippen LogP contribution in [-0.2, 0) is 24.3 Å². The SMILES string of the molecule is CC/C(=C(C)\C=C\OC)S(=O)(=O)N(C)CCOCC(=O)N1CCC2(CCN(CC#N)CC2)CC1. The Morgan fingerprint density at radius 3 is 2.35 bits per heavy atom. The number of sulfonamides is 1. The number of ether oxygens (including phenoxy) is 2. The highest BCUT2D eigenvalue weighted by Crippen LogP contribution is 2.41. The molecule has 9 nitrogen and oxygen atoms in total. The monoisotopic (exact) mass is 496 g/mol. The number of hydrogen-bond donors (Lipinski definition) is 0. The molecule has 0 atom stereocenters. The molecule has 0 aliphatic carbocycles. The van der Waals surface area contributed by atoms with Crippen molar-refractivity contribution in [2.75, 3.05) is 66.6 Å². The van der Waals surface area contributed by atoms with Crippen molar-refractivity contribution in [3.63, 3.8) is 0 Å². The molecule has 0 aromatic carbocycles. The second-order valence-electron chi connectivity index (χ2n) is 9.19. The predicted octanol–water partition coefficient (Wildman–Crippen LogP) is 2.34. The Morgan fingerprint density at radius 2 is 1.79 bits per heavy atom. The van der Waals surface area contributed by atoms with Gasteiger partial charge in [0.2, 0.25) is 15.9 Å². The zero-order chi connectivity index (χ0) is 25.2. The number of likely N-dealkylation sites (tertiary alicyclic amines) is 2. The van der Waals surface area contributed by atoms with Crippen molar-refractivity contribution in [2.45, 2.75) is 46.0 Å². The quantitative estimate of drug-likeness (QED) is 0.187. The van der Waals surface area contributed by atoms with Crippen molar-refractivity contribution in [2.24, 2.45) is 5.41 Å². The van der Waals surface area contributed by atoms with Gasteiger partial charge < -0.3 is 14.4 Å². The van der Waals surface area contributed by atoms with Gasteiger partial charge in [-0.2, -0.15) is 9.57 Å². The summed E-state index contributed by atoms with van der Waals surface area (Å²) in [6.45, 7) is 7.70. The number of carbonyl (C=O) groups excluding carboxylic acids is 1. The average Bonchev–Trinajstić information content (AvgIpc) is 2.82. The minimum absolute atomic E-state index is 0.0388. The second-order valence-corrected chi connectivity index (χ2v) is 11.3. The highest BCUT2D eigenvalue weighted by molar-refractivity contribution is 7.93. The van der Waals surface area contributed by atoms with E-state index in [1.54, 1.807) is 19.9 Å². The van der Waals surface area contributed by atoms with E-state index >= 15 is 0 Å². The van der Waals surface area contributed by atoms with Crippen LogP contribution >= 0.6 is 0 Å². The van der Waals surface area contributed by atoms with E-state index in [2.05, 4.69) is 11.0 Å². The molecular formula is C24H40N4O5S. The van der Waals surface area contributed by atoms with E-state index in [0.29, 0.717) is 28.9 Å². The maximum absolute atomic E-state index is 12.9. The Bertz CT molecular complexity index is 876. The van der Waals surface area contributed by atoms with E-state index in [1.165, 1.54) is 24.7 Å². The lowest BCUT2D eigenvalue weighted by Crippen LogP contribution is -2.49. The van der Waals surface area contributed by atoms with Gasteiger partial charge in [0.25, 0.3) is 0 Å². The maximum Gasteiger partial charge on any atom is 0.248 e. The number of nitriles is 1. The maximum atomic E-state index is 12.9. The fourth-order valence-corrected chi connectivity index (χ4v) is 6.23. The van der Waals surface area contributed by atoms with E-state index in [-0.39, 0.29) is 25.7 Å². The highest BCUT2D eigenvalue weighted by Gasteiger charge is 2.38. The van der Waals surface area contributed by atoms with Gasteiger partial charge in [-0.1, -0.05) is 6.92 Å². The van der Waals surface area contributed by atoms with Crippen LogP contribution in [0.25, 0.3) is 0 Å². The molecule has 1 spiro atoms. The summed E-state index contributed by atoms with van der Waals surface area (Å²) < 4.78 is 37.5. The lowest BCUT2D eigenvalue weighted by Gasteiger charge is -2.46. The summed E-state index contributed by atoms with van der Waals surface area (Å²) in [6, 6.07) is 2.22. The van der Waals surface area contributed by atoms with Crippen LogP contribution in [0.3, 0.4) is 0 Å². The molecule has 0 unspecified atom stereocenters. The van der Waals surface area contributed by atoms with Crippen LogP contribution in [0.1, 0.15) is 46.0 Å². The molecule has 0 N–H and O–H groups in total. The summed E-state index contributed by atoms with van der Waals surface area (Å²) in [5.74, 6) is -0.0445. The van der Waals surface area contributed by atoms with Gasteiger partial charge in [0.05, 0.1) is 37.5 Å². The molecule has 2 heterocycles. The van der Waals surface area contributed by atoms with Gasteiger partial charge in [-0.25, -0.2) is 8.42 Å². The Morgan fingerprint density at radius 1 is 1.18 bits per heavy atom. The molecule has 10 heteroatoms. The van der Waals surface area contributed by atoms with Gasteiger partial charge in [0, 0.05) is 26.7 Å². The molecule has 34 heavy (non-hydrogen) atoms. The summed E-state index contributed by atoms with van der Waals surface area (Å²) in [6.07, 6.45) is 7.62. The molecule has 192 valence electrons. The summed E-state index contributed by atoms with van der Waals surface area (Å²) in [5.41, 5.74) is 0.924. The molecule has 2 rings (SSSR count). The molecule has 0 aromatic rings. The average molecular weight is 497 g/mol. The molecule has 0 aromatic heterocycles. The van der Waals surface area contributed by atoms with Crippen LogP contribution in [0.5, 0.6) is 0 Å². The Kier molecular flexibility index (Phi) is 11.0. The van der Waals surface area contributed by atoms with Crippen molar-refractivity contribution in [3.05, 3.63) is 22.8 Å². The molecule has 2 aliphatic heterocycles. The fourth-order valence-electron chi connectivity index (χ4n) is 4.70. The zero-order valence-corrected chi connectivity index (χ0v) is 21.9. The number of hydrogen-bond acceptors (Lipinski definition) is 7. The van der Waals surface area contributed by atoms with E-state index in [9.17, 15) is 13.2 Å². The fraction of sp³-hybridized carbons (Fsp3) is 0.750. The van der Waals surface area contributed by atoms with Crippen molar-refractivity contribution in [1.29, 1.82) is 5.26 Å². The Balaban J connectivity index is 1.75.